The molecule has 0 saturated carbocycles. The number of hydrogen-bond acceptors (Lipinski definition) is 3. The number of benzene rings is 2. The normalized spacial score (nSPS) is 19.4. The molecule has 5 nitrogen and oxygen atoms in total. The first kappa shape index (κ1) is 19.2. The van der Waals surface area contributed by atoms with Crippen molar-refractivity contribution in [1.29, 1.82) is 0 Å². The standard InChI is InChI=1S/C22H28N2O3/c1-27-20-9-5-8-19(21(20)25)16-24-14-11-18(12-15-24)22(26)23-13-10-17-6-3-2-4-7-17/h2-9,18,25H,10-16H2,1H3,(H,23,26)/p+1. The molecule has 0 bridgehead atoms. The number of ether oxygens (including phenoxy) is 1. The lowest BCUT2D eigenvalue weighted by atomic mass is 9.95. The van der Waals surface area contributed by atoms with Crippen LogP contribution in [0.4, 0.5) is 0 Å². The van der Waals surface area contributed by atoms with Gasteiger partial charge in [-0.25, -0.2) is 0 Å². The Morgan fingerprint density at radius 1 is 1.15 bits per heavy atom. The lowest BCUT2D eigenvalue weighted by Crippen LogP contribution is -3.11. The smallest absolute Gasteiger partial charge is 0.223 e. The number of methoxy groups -OCH3 is 1. The van der Waals surface area contributed by atoms with Crippen LogP contribution < -0.4 is 15.0 Å². The van der Waals surface area contributed by atoms with Crippen LogP contribution in [0.15, 0.2) is 48.5 Å². The van der Waals surface area contributed by atoms with Gasteiger partial charge in [0.15, 0.2) is 11.5 Å². The van der Waals surface area contributed by atoms with Crippen LogP contribution >= 0.6 is 0 Å². The van der Waals surface area contributed by atoms with E-state index in [1.165, 1.54) is 10.5 Å². The van der Waals surface area contributed by atoms with E-state index in [-0.39, 0.29) is 17.6 Å². The Bertz CT molecular complexity index is 740. The van der Waals surface area contributed by atoms with Crippen LogP contribution in [0, 0.1) is 5.92 Å². The highest BCUT2D eigenvalue weighted by Crippen LogP contribution is 2.28. The zero-order valence-corrected chi connectivity index (χ0v) is 15.9. The number of nitrogens with one attached hydrogen (secondary N) is 2. The number of amides is 1. The molecule has 5 heteroatoms. The van der Waals surface area contributed by atoms with Crippen LogP contribution in [0.2, 0.25) is 0 Å². The highest BCUT2D eigenvalue weighted by atomic mass is 16.5. The van der Waals surface area contributed by atoms with Crippen molar-refractivity contribution in [1.82, 2.24) is 5.32 Å². The van der Waals surface area contributed by atoms with Crippen molar-refractivity contribution < 1.29 is 19.5 Å². The van der Waals surface area contributed by atoms with Gasteiger partial charge in [-0.1, -0.05) is 36.4 Å². The monoisotopic (exact) mass is 369 g/mol. The van der Waals surface area contributed by atoms with Gasteiger partial charge in [-0.15, -0.1) is 0 Å². The number of phenolic OH excluding ortho intramolecular Hbond substituents is 1. The molecule has 0 unspecified atom stereocenters. The van der Waals surface area contributed by atoms with Crippen molar-refractivity contribution in [3.05, 3.63) is 59.7 Å². The second-order valence-corrected chi connectivity index (χ2v) is 7.20. The van der Waals surface area contributed by atoms with Gasteiger partial charge in [0.25, 0.3) is 0 Å². The molecule has 1 fully saturated rings. The third kappa shape index (κ3) is 5.23. The van der Waals surface area contributed by atoms with Crippen molar-refractivity contribution in [2.45, 2.75) is 25.8 Å². The van der Waals surface area contributed by atoms with E-state index in [4.69, 9.17) is 4.74 Å². The fourth-order valence-corrected chi connectivity index (χ4v) is 3.73. The van der Waals surface area contributed by atoms with Gasteiger partial charge in [-0.2, -0.15) is 0 Å². The fourth-order valence-electron chi connectivity index (χ4n) is 3.73. The molecule has 2 aromatic carbocycles. The molecule has 0 atom stereocenters. The molecule has 3 rings (SSSR count). The van der Waals surface area contributed by atoms with Crippen molar-refractivity contribution in [3.63, 3.8) is 0 Å². The van der Waals surface area contributed by atoms with Crippen LogP contribution in [0.5, 0.6) is 11.5 Å². The third-order valence-corrected chi connectivity index (χ3v) is 5.36. The Hall–Kier alpha value is -2.53. The molecule has 2 aromatic rings. The van der Waals surface area contributed by atoms with Gasteiger partial charge in [-0.3, -0.25) is 4.79 Å². The number of piperidine rings is 1. The topological polar surface area (TPSA) is 63.0 Å². The SMILES string of the molecule is COc1cccc(C[NH+]2CCC(C(=O)NCCc3ccccc3)CC2)c1O. The van der Waals surface area contributed by atoms with Crippen LogP contribution in [-0.2, 0) is 17.8 Å². The van der Waals surface area contributed by atoms with Crippen molar-refractivity contribution in [2.75, 3.05) is 26.7 Å². The summed E-state index contributed by atoms with van der Waals surface area (Å²) >= 11 is 0. The number of quaternary nitrogens is 1. The second kappa shape index (κ2) is 9.42. The van der Waals surface area contributed by atoms with E-state index in [0.29, 0.717) is 12.3 Å². The molecule has 0 aliphatic carbocycles. The molecule has 1 aliphatic rings. The van der Waals surface area contributed by atoms with Gasteiger partial charge in [-0.05, 0) is 24.1 Å². The minimum absolute atomic E-state index is 0.100. The molecule has 3 N–H and O–H groups in total. The molecule has 1 saturated heterocycles. The highest BCUT2D eigenvalue weighted by molar-refractivity contribution is 5.78. The summed E-state index contributed by atoms with van der Waals surface area (Å²) in [4.78, 5) is 13.8. The molecule has 1 heterocycles. The number of para-hydroxylation sites is 1. The summed E-state index contributed by atoms with van der Waals surface area (Å²) in [6.45, 7) is 3.32. The van der Waals surface area contributed by atoms with E-state index in [9.17, 15) is 9.90 Å². The van der Waals surface area contributed by atoms with Gasteiger partial charge in [0, 0.05) is 25.3 Å². The van der Waals surface area contributed by atoms with Crippen LogP contribution in [-0.4, -0.2) is 37.8 Å². The summed E-state index contributed by atoms with van der Waals surface area (Å²) in [5, 5.41) is 13.3. The Balaban J connectivity index is 1.42. The largest absolute Gasteiger partial charge is 0.504 e. The fraction of sp³-hybridized carbons (Fsp3) is 0.409. The molecule has 144 valence electrons. The van der Waals surface area contributed by atoms with Crippen molar-refractivity contribution >= 4 is 5.91 Å². The first-order chi connectivity index (χ1) is 13.2. The van der Waals surface area contributed by atoms with Gasteiger partial charge in [0.1, 0.15) is 6.54 Å². The maximum absolute atomic E-state index is 12.4. The number of phenols is 1. The predicted molar refractivity (Wildman–Crippen MR) is 105 cm³/mol. The number of likely N-dealkylation sites (tertiary alicyclic amines) is 1. The lowest BCUT2D eigenvalue weighted by Gasteiger charge is -2.29. The summed E-state index contributed by atoms with van der Waals surface area (Å²) in [5.41, 5.74) is 2.14. The first-order valence-corrected chi connectivity index (χ1v) is 9.67. The van der Waals surface area contributed by atoms with Gasteiger partial charge >= 0.3 is 0 Å². The molecule has 0 aromatic heterocycles. The minimum Gasteiger partial charge on any atom is -0.504 e. The van der Waals surface area contributed by atoms with E-state index in [1.54, 1.807) is 13.2 Å². The van der Waals surface area contributed by atoms with Crippen molar-refractivity contribution in [2.24, 2.45) is 5.92 Å². The summed E-state index contributed by atoms with van der Waals surface area (Å²) in [6, 6.07) is 15.8. The zero-order valence-electron chi connectivity index (χ0n) is 15.9. The number of aromatic hydroxyl groups is 1. The van der Waals surface area contributed by atoms with Crippen LogP contribution in [0.25, 0.3) is 0 Å². The molecule has 1 aliphatic heterocycles. The molecule has 1 amide bonds. The maximum atomic E-state index is 12.4. The van der Waals surface area contributed by atoms with Gasteiger partial charge < -0.3 is 20.1 Å². The van der Waals surface area contributed by atoms with Crippen LogP contribution in [0.3, 0.4) is 0 Å². The quantitative estimate of drug-likeness (QED) is 0.694. The Labute approximate surface area is 161 Å². The second-order valence-electron chi connectivity index (χ2n) is 7.20. The number of carbonyl (C=O) groups excluding carboxylic acids is 1. The predicted octanol–water partition coefficient (Wildman–Crippen LogP) is 1.55. The average Bonchev–Trinajstić information content (AvgIpc) is 2.71. The Morgan fingerprint density at radius 2 is 1.89 bits per heavy atom. The molecular formula is C22H29N2O3+. The zero-order chi connectivity index (χ0) is 19.1. The molecule has 0 spiro atoms. The summed E-state index contributed by atoms with van der Waals surface area (Å²) in [6.07, 6.45) is 2.64. The first-order valence-electron chi connectivity index (χ1n) is 9.67. The molecule has 27 heavy (non-hydrogen) atoms. The van der Waals surface area contributed by atoms with Gasteiger partial charge in [0.2, 0.25) is 5.91 Å². The molecular weight excluding hydrogens is 340 g/mol. The van der Waals surface area contributed by atoms with Crippen molar-refractivity contribution in [3.8, 4) is 11.5 Å². The van der Waals surface area contributed by atoms with E-state index in [1.807, 2.05) is 30.3 Å². The van der Waals surface area contributed by atoms with Gasteiger partial charge in [0.05, 0.1) is 25.8 Å². The van der Waals surface area contributed by atoms with E-state index >= 15 is 0 Å². The Kier molecular flexibility index (Phi) is 6.71. The van der Waals surface area contributed by atoms with E-state index in [2.05, 4.69) is 17.4 Å². The minimum atomic E-state index is 0.100. The summed E-state index contributed by atoms with van der Waals surface area (Å²) in [7, 11) is 1.56. The summed E-state index contributed by atoms with van der Waals surface area (Å²) < 4.78 is 5.18. The average molecular weight is 369 g/mol. The third-order valence-electron chi connectivity index (χ3n) is 5.36. The number of carbonyl (C=O) groups is 1. The number of rotatable bonds is 7. The lowest BCUT2D eigenvalue weighted by molar-refractivity contribution is -0.919. The molecule has 0 radical (unpaired) electrons. The highest BCUT2D eigenvalue weighted by Gasteiger charge is 2.27. The van der Waals surface area contributed by atoms with Crippen LogP contribution in [0.1, 0.15) is 24.0 Å². The van der Waals surface area contributed by atoms with E-state index < -0.39 is 0 Å². The number of hydrogen-bond donors (Lipinski definition) is 3. The van der Waals surface area contributed by atoms with E-state index in [0.717, 1.165) is 44.5 Å². The maximum Gasteiger partial charge on any atom is 0.223 e. The Morgan fingerprint density at radius 3 is 2.59 bits per heavy atom. The summed E-state index contributed by atoms with van der Waals surface area (Å²) in [5.74, 6) is 1.02.